The highest BCUT2D eigenvalue weighted by Crippen LogP contribution is 2.44. The van der Waals surface area contributed by atoms with Gasteiger partial charge in [0.2, 0.25) is 0 Å². The lowest BCUT2D eigenvalue weighted by molar-refractivity contribution is -0.128. The predicted octanol–water partition coefficient (Wildman–Crippen LogP) is 2.91. The number of para-hydroxylation sites is 2. The monoisotopic (exact) mass is 320 g/mol. The molecular weight excluding hydrogens is 307 g/mol. The smallest absolute Gasteiger partial charge is 0.477 e. The highest BCUT2D eigenvalue weighted by Gasteiger charge is 2.28. The lowest BCUT2D eigenvalue weighted by Crippen LogP contribution is -2.15. The molecule has 0 heterocycles. The molecule has 0 aliphatic heterocycles. The molecule has 0 radical (unpaired) electrons. The molecule has 0 unspecified atom stereocenters. The quantitative estimate of drug-likeness (QED) is 0.462. The fourth-order valence-corrected chi connectivity index (χ4v) is 2.57. The van der Waals surface area contributed by atoms with Crippen molar-refractivity contribution < 1.29 is 23.5 Å². The minimum atomic E-state index is -3.93. The number of carboxylic acids is 1. The van der Waals surface area contributed by atoms with Gasteiger partial charge >= 0.3 is 13.7 Å². The molecule has 2 rings (SSSR count). The van der Waals surface area contributed by atoms with Crippen molar-refractivity contribution in [2.75, 3.05) is 0 Å². The summed E-state index contributed by atoms with van der Waals surface area (Å²) in [6.45, 7) is 0. The zero-order chi connectivity index (χ0) is 15.8. The second-order valence-electron chi connectivity index (χ2n) is 4.00. The SMILES string of the molecule is O=C(O)/C=N/NP(=O)(Oc1ccccc1)Oc1ccccc1. The van der Waals surface area contributed by atoms with Crippen molar-refractivity contribution >= 4 is 19.9 Å². The Labute approximate surface area is 126 Å². The largest absolute Gasteiger partial charge is 0.557 e. The predicted molar refractivity (Wildman–Crippen MR) is 81.0 cm³/mol. The van der Waals surface area contributed by atoms with Crippen LogP contribution in [0.25, 0.3) is 0 Å². The van der Waals surface area contributed by atoms with E-state index in [4.69, 9.17) is 14.2 Å². The van der Waals surface area contributed by atoms with Gasteiger partial charge in [0.25, 0.3) is 0 Å². The first-order chi connectivity index (χ1) is 10.6. The average molecular weight is 320 g/mol. The van der Waals surface area contributed by atoms with Crippen LogP contribution in [0.1, 0.15) is 0 Å². The summed E-state index contributed by atoms with van der Waals surface area (Å²) in [4.78, 5) is 10.4. The number of nitrogens with zero attached hydrogens (tertiary/aromatic N) is 1. The van der Waals surface area contributed by atoms with Gasteiger partial charge < -0.3 is 14.2 Å². The summed E-state index contributed by atoms with van der Waals surface area (Å²) in [5.74, 6) is -0.710. The summed E-state index contributed by atoms with van der Waals surface area (Å²) in [6, 6.07) is 16.7. The van der Waals surface area contributed by atoms with Gasteiger partial charge in [0.15, 0.2) is 0 Å². The highest BCUT2D eigenvalue weighted by atomic mass is 31.2. The van der Waals surface area contributed by atoms with Gasteiger partial charge in [0.1, 0.15) is 17.7 Å². The summed E-state index contributed by atoms with van der Waals surface area (Å²) in [5.41, 5.74) is 0. The van der Waals surface area contributed by atoms with Gasteiger partial charge in [-0.25, -0.2) is 9.36 Å². The molecule has 7 nitrogen and oxygen atoms in total. The third-order valence-corrected chi connectivity index (χ3v) is 3.56. The summed E-state index contributed by atoms with van der Waals surface area (Å²) in [5, 5.41) is 14.0. The van der Waals surface area contributed by atoms with Crippen LogP contribution >= 0.6 is 7.75 Å². The van der Waals surface area contributed by atoms with Gasteiger partial charge in [-0.05, 0) is 24.3 Å². The topological polar surface area (TPSA) is 97.2 Å². The Morgan fingerprint density at radius 1 is 1.00 bits per heavy atom. The minimum absolute atomic E-state index is 0.291. The molecule has 2 aromatic rings. The molecule has 2 N–H and O–H groups in total. The fraction of sp³-hybridized carbons (Fsp3) is 0. The maximum absolute atomic E-state index is 12.7. The third kappa shape index (κ3) is 4.96. The molecular formula is C14H13N2O5P. The lowest BCUT2D eigenvalue weighted by Gasteiger charge is -2.18. The van der Waals surface area contributed by atoms with Crippen LogP contribution in [0.2, 0.25) is 0 Å². The number of carboxylic acid groups (broad SMARTS) is 1. The molecule has 0 aromatic heterocycles. The number of carbonyl (C=O) groups is 1. The highest BCUT2D eigenvalue weighted by molar-refractivity contribution is 7.52. The maximum atomic E-state index is 12.7. The van der Waals surface area contributed by atoms with E-state index in [9.17, 15) is 9.36 Å². The van der Waals surface area contributed by atoms with Crippen LogP contribution in [0.4, 0.5) is 0 Å². The lowest BCUT2D eigenvalue weighted by atomic mass is 10.3. The first-order valence-corrected chi connectivity index (χ1v) is 7.74. The normalized spacial score (nSPS) is 11.1. The number of hydrazone groups is 1. The van der Waals surface area contributed by atoms with E-state index < -0.39 is 13.7 Å². The molecule has 0 amide bonds. The van der Waals surface area contributed by atoms with E-state index in [1.165, 1.54) is 0 Å². The van der Waals surface area contributed by atoms with E-state index >= 15 is 0 Å². The minimum Gasteiger partial charge on any atom is -0.477 e. The Balaban J connectivity index is 2.19. The van der Waals surface area contributed by atoms with Crippen LogP contribution in [-0.4, -0.2) is 17.3 Å². The van der Waals surface area contributed by atoms with Crippen LogP contribution in [0.3, 0.4) is 0 Å². The molecule has 8 heteroatoms. The summed E-state index contributed by atoms with van der Waals surface area (Å²) in [6.07, 6.45) is 0.551. The van der Waals surface area contributed by atoms with Crippen molar-refractivity contribution in [3.05, 3.63) is 60.7 Å². The van der Waals surface area contributed by atoms with Crippen LogP contribution in [0.15, 0.2) is 65.8 Å². The van der Waals surface area contributed by atoms with Crippen molar-refractivity contribution in [3.63, 3.8) is 0 Å². The second kappa shape index (κ2) is 7.28. The summed E-state index contributed by atoms with van der Waals surface area (Å²) in [7, 11) is -3.93. The Bertz CT molecular complexity index is 645. The molecule has 0 fully saturated rings. The number of hydrogen-bond donors (Lipinski definition) is 2. The van der Waals surface area contributed by atoms with E-state index in [2.05, 4.69) is 10.3 Å². The van der Waals surface area contributed by atoms with E-state index in [1.54, 1.807) is 60.7 Å². The van der Waals surface area contributed by atoms with Crippen molar-refractivity contribution in [1.82, 2.24) is 5.20 Å². The van der Waals surface area contributed by atoms with Crippen molar-refractivity contribution in [3.8, 4) is 11.5 Å². The molecule has 0 bridgehead atoms. The van der Waals surface area contributed by atoms with Gasteiger partial charge in [0.05, 0.1) is 0 Å². The van der Waals surface area contributed by atoms with Crippen LogP contribution in [-0.2, 0) is 9.36 Å². The first kappa shape index (κ1) is 15.6. The molecule has 0 aliphatic carbocycles. The van der Waals surface area contributed by atoms with Crippen LogP contribution < -0.4 is 14.2 Å². The zero-order valence-electron chi connectivity index (χ0n) is 11.3. The Morgan fingerprint density at radius 3 is 1.86 bits per heavy atom. The maximum Gasteiger partial charge on any atom is 0.557 e. The van der Waals surface area contributed by atoms with E-state index in [1.807, 2.05) is 0 Å². The van der Waals surface area contributed by atoms with Crippen molar-refractivity contribution in [1.29, 1.82) is 0 Å². The van der Waals surface area contributed by atoms with Crippen LogP contribution in [0.5, 0.6) is 11.5 Å². The number of aliphatic carboxylic acids is 1. The summed E-state index contributed by atoms with van der Waals surface area (Å²) >= 11 is 0. The standard InChI is InChI=1S/C14H13N2O5P/c17-14(18)11-15-16-22(19,20-12-7-3-1-4-8-12)21-13-9-5-2-6-10-13/h1-11H,(H,16,19)(H,17,18)/b15-11+. The van der Waals surface area contributed by atoms with Gasteiger partial charge in [-0.1, -0.05) is 36.4 Å². The molecule has 0 aliphatic rings. The van der Waals surface area contributed by atoms with E-state index in [0.29, 0.717) is 17.7 Å². The first-order valence-electron chi connectivity index (χ1n) is 6.20. The Morgan fingerprint density at radius 2 is 1.45 bits per heavy atom. The van der Waals surface area contributed by atoms with Crippen molar-refractivity contribution in [2.24, 2.45) is 5.10 Å². The van der Waals surface area contributed by atoms with Gasteiger partial charge in [-0.2, -0.15) is 10.3 Å². The molecule has 0 saturated carbocycles. The number of benzene rings is 2. The molecule has 0 atom stereocenters. The van der Waals surface area contributed by atoms with Gasteiger partial charge in [0, 0.05) is 0 Å². The second-order valence-corrected chi connectivity index (χ2v) is 5.56. The molecule has 0 spiro atoms. The average Bonchev–Trinajstić information content (AvgIpc) is 2.48. The Kier molecular flexibility index (Phi) is 5.16. The number of rotatable bonds is 7. The molecule has 114 valence electrons. The van der Waals surface area contributed by atoms with Gasteiger partial charge in [-0.15, -0.1) is 0 Å². The molecule has 22 heavy (non-hydrogen) atoms. The van der Waals surface area contributed by atoms with E-state index in [0.717, 1.165) is 0 Å². The van der Waals surface area contributed by atoms with Crippen LogP contribution in [0, 0.1) is 0 Å². The Hall–Kier alpha value is -2.79. The third-order valence-electron chi connectivity index (χ3n) is 2.29. The molecule has 2 aromatic carbocycles. The number of nitrogens with one attached hydrogen (secondary N) is 1. The van der Waals surface area contributed by atoms with E-state index in [-0.39, 0.29) is 0 Å². The van der Waals surface area contributed by atoms with Crippen molar-refractivity contribution in [2.45, 2.75) is 0 Å². The zero-order valence-corrected chi connectivity index (χ0v) is 12.2. The van der Waals surface area contributed by atoms with Gasteiger partial charge in [-0.3, -0.25) is 0 Å². The number of hydrogen-bond acceptors (Lipinski definition) is 5. The molecule has 0 saturated heterocycles. The fourth-order valence-electron chi connectivity index (χ4n) is 1.45. The summed E-state index contributed by atoms with van der Waals surface area (Å²) < 4.78 is 23.3.